The average molecular weight is 242 g/mol. The molecule has 1 heterocycles. The minimum absolute atomic E-state index is 0.0911. The lowest BCUT2D eigenvalue weighted by Crippen LogP contribution is -2.43. The Hall–Kier alpha value is -0.380. The Balaban J connectivity index is 2.57. The van der Waals surface area contributed by atoms with Crippen molar-refractivity contribution in [3.05, 3.63) is 12.7 Å². The van der Waals surface area contributed by atoms with Gasteiger partial charge < -0.3 is 14.2 Å². The molecule has 0 aromatic rings. The smallest absolute Gasteiger partial charge is 0.155 e. The lowest BCUT2D eigenvalue weighted by Gasteiger charge is -2.35. The molecule has 1 aliphatic rings. The van der Waals surface area contributed by atoms with Gasteiger partial charge in [-0.25, -0.2) is 0 Å². The van der Waals surface area contributed by atoms with E-state index in [1.54, 1.807) is 0 Å². The predicted octanol–water partition coefficient (Wildman–Crippen LogP) is 3.29. The molecule has 1 aliphatic heterocycles. The molecule has 100 valence electrons. The second kappa shape index (κ2) is 5.51. The fourth-order valence-corrected chi connectivity index (χ4v) is 2.27. The Labute approximate surface area is 105 Å². The highest BCUT2D eigenvalue weighted by Gasteiger charge is 2.43. The highest BCUT2D eigenvalue weighted by Crippen LogP contribution is 2.37. The standard InChI is InChI=1S/C14H26O3/c1-7-14(6)10-9-12(17-14)13(4,5)16-11(3)15-8-2/h7,11-12H,1,8-10H2,2-6H3. The highest BCUT2D eigenvalue weighted by molar-refractivity contribution is 5.01. The van der Waals surface area contributed by atoms with Crippen molar-refractivity contribution < 1.29 is 14.2 Å². The molecule has 1 rings (SSSR count). The van der Waals surface area contributed by atoms with Gasteiger partial charge in [-0.3, -0.25) is 0 Å². The van der Waals surface area contributed by atoms with Gasteiger partial charge in [-0.1, -0.05) is 6.08 Å². The first-order valence-electron chi connectivity index (χ1n) is 6.44. The highest BCUT2D eigenvalue weighted by atomic mass is 16.7. The molecule has 1 saturated heterocycles. The van der Waals surface area contributed by atoms with Gasteiger partial charge >= 0.3 is 0 Å². The van der Waals surface area contributed by atoms with Gasteiger partial charge in [0.05, 0.1) is 17.3 Å². The molecule has 17 heavy (non-hydrogen) atoms. The third-order valence-corrected chi connectivity index (χ3v) is 3.39. The summed E-state index contributed by atoms with van der Waals surface area (Å²) in [7, 11) is 0. The van der Waals surface area contributed by atoms with Gasteiger partial charge in [0, 0.05) is 6.61 Å². The van der Waals surface area contributed by atoms with Crippen LogP contribution in [0.25, 0.3) is 0 Å². The van der Waals surface area contributed by atoms with E-state index in [0.717, 1.165) is 12.8 Å². The van der Waals surface area contributed by atoms with Crippen LogP contribution in [0.2, 0.25) is 0 Å². The molecule has 0 saturated carbocycles. The van der Waals surface area contributed by atoms with E-state index in [1.165, 1.54) is 0 Å². The van der Waals surface area contributed by atoms with E-state index in [-0.39, 0.29) is 23.6 Å². The molecule has 0 aromatic carbocycles. The van der Waals surface area contributed by atoms with E-state index in [0.29, 0.717) is 6.61 Å². The molecule has 1 fully saturated rings. The summed E-state index contributed by atoms with van der Waals surface area (Å²) in [6.07, 6.45) is 3.77. The van der Waals surface area contributed by atoms with Gasteiger partial charge in [0.1, 0.15) is 0 Å². The fraction of sp³-hybridized carbons (Fsp3) is 0.857. The second-order valence-corrected chi connectivity index (χ2v) is 5.41. The lowest BCUT2D eigenvalue weighted by molar-refractivity contribution is -0.226. The minimum Gasteiger partial charge on any atom is -0.365 e. The van der Waals surface area contributed by atoms with Gasteiger partial charge in [-0.05, 0) is 47.5 Å². The van der Waals surface area contributed by atoms with E-state index in [1.807, 2.05) is 19.9 Å². The molecule has 3 atom stereocenters. The summed E-state index contributed by atoms with van der Waals surface area (Å²) in [5, 5.41) is 0. The third kappa shape index (κ3) is 3.80. The van der Waals surface area contributed by atoms with E-state index in [2.05, 4.69) is 27.4 Å². The van der Waals surface area contributed by atoms with Crippen LogP contribution in [0.1, 0.15) is 47.5 Å². The molecule has 0 N–H and O–H groups in total. The summed E-state index contributed by atoms with van der Waals surface area (Å²) in [5.41, 5.74) is -0.546. The van der Waals surface area contributed by atoms with Crippen molar-refractivity contribution in [3.8, 4) is 0 Å². The SMILES string of the molecule is C=CC1(C)CCC(C(C)(C)OC(C)OCC)O1. The van der Waals surface area contributed by atoms with Crippen molar-refractivity contribution in [3.63, 3.8) is 0 Å². The minimum atomic E-state index is -0.338. The summed E-state index contributed by atoms with van der Waals surface area (Å²) in [6.45, 7) is 14.6. The molecule has 0 radical (unpaired) electrons. The fourth-order valence-electron chi connectivity index (χ4n) is 2.27. The number of hydrogen-bond acceptors (Lipinski definition) is 3. The maximum Gasteiger partial charge on any atom is 0.155 e. The van der Waals surface area contributed by atoms with Crippen LogP contribution >= 0.6 is 0 Å². The first kappa shape index (κ1) is 14.7. The van der Waals surface area contributed by atoms with Crippen molar-refractivity contribution in [2.24, 2.45) is 0 Å². The Kier molecular flexibility index (Phi) is 4.76. The van der Waals surface area contributed by atoms with Crippen molar-refractivity contribution in [1.29, 1.82) is 0 Å². The van der Waals surface area contributed by atoms with Crippen molar-refractivity contribution in [2.45, 2.75) is 71.1 Å². The van der Waals surface area contributed by atoms with Gasteiger partial charge in [0.15, 0.2) is 6.29 Å². The first-order valence-corrected chi connectivity index (χ1v) is 6.44. The van der Waals surface area contributed by atoms with Crippen LogP contribution in [0.15, 0.2) is 12.7 Å². The molecule has 3 nitrogen and oxygen atoms in total. The first-order chi connectivity index (χ1) is 7.83. The van der Waals surface area contributed by atoms with Gasteiger partial charge in [0.25, 0.3) is 0 Å². The Morgan fingerprint density at radius 1 is 1.59 bits per heavy atom. The van der Waals surface area contributed by atoms with Crippen molar-refractivity contribution >= 4 is 0 Å². The van der Waals surface area contributed by atoms with Crippen LogP contribution in [0, 0.1) is 0 Å². The quantitative estimate of drug-likeness (QED) is 0.528. The Bertz CT molecular complexity index is 262. The zero-order valence-corrected chi connectivity index (χ0v) is 11.8. The molecule has 3 heteroatoms. The summed E-state index contributed by atoms with van der Waals surface area (Å²) < 4.78 is 17.4. The maximum absolute atomic E-state index is 6.04. The molecule has 0 bridgehead atoms. The van der Waals surface area contributed by atoms with Crippen molar-refractivity contribution in [1.82, 2.24) is 0 Å². The number of ether oxygens (including phenoxy) is 3. The molecular formula is C14H26O3. The zero-order valence-electron chi connectivity index (χ0n) is 11.8. The van der Waals surface area contributed by atoms with E-state index >= 15 is 0 Å². The van der Waals surface area contributed by atoms with Crippen LogP contribution in [0.5, 0.6) is 0 Å². The van der Waals surface area contributed by atoms with Crippen molar-refractivity contribution in [2.75, 3.05) is 6.61 Å². The van der Waals surface area contributed by atoms with Crippen LogP contribution in [-0.2, 0) is 14.2 Å². The molecule has 0 aromatic heterocycles. The zero-order chi connectivity index (χ0) is 13.1. The summed E-state index contributed by atoms with van der Waals surface area (Å²) in [6, 6.07) is 0. The Morgan fingerprint density at radius 3 is 2.71 bits per heavy atom. The van der Waals surface area contributed by atoms with E-state index < -0.39 is 0 Å². The van der Waals surface area contributed by atoms with Gasteiger partial charge in [0.2, 0.25) is 0 Å². The van der Waals surface area contributed by atoms with Crippen LogP contribution in [-0.4, -0.2) is 30.2 Å². The predicted molar refractivity (Wildman–Crippen MR) is 69.0 cm³/mol. The topological polar surface area (TPSA) is 27.7 Å². The van der Waals surface area contributed by atoms with Gasteiger partial charge in [-0.15, -0.1) is 6.58 Å². The monoisotopic (exact) mass is 242 g/mol. The van der Waals surface area contributed by atoms with Crippen LogP contribution < -0.4 is 0 Å². The molecule has 0 aliphatic carbocycles. The molecule has 3 unspecified atom stereocenters. The largest absolute Gasteiger partial charge is 0.365 e. The normalized spacial score (nSPS) is 31.5. The summed E-state index contributed by atoms with van der Waals surface area (Å²) >= 11 is 0. The summed E-state index contributed by atoms with van der Waals surface area (Å²) in [5.74, 6) is 0. The van der Waals surface area contributed by atoms with Crippen LogP contribution in [0.3, 0.4) is 0 Å². The second-order valence-electron chi connectivity index (χ2n) is 5.41. The average Bonchev–Trinajstić information content (AvgIpc) is 2.62. The summed E-state index contributed by atoms with van der Waals surface area (Å²) in [4.78, 5) is 0. The van der Waals surface area contributed by atoms with E-state index in [9.17, 15) is 0 Å². The number of hydrogen-bond donors (Lipinski definition) is 0. The third-order valence-electron chi connectivity index (χ3n) is 3.39. The lowest BCUT2D eigenvalue weighted by atomic mass is 9.96. The molecule has 0 spiro atoms. The van der Waals surface area contributed by atoms with E-state index in [4.69, 9.17) is 14.2 Å². The van der Waals surface area contributed by atoms with Crippen LogP contribution in [0.4, 0.5) is 0 Å². The maximum atomic E-state index is 6.04. The Morgan fingerprint density at radius 2 is 2.24 bits per heavy atom. The van der Waals surface area contributed by atoms with Gasteiger partial charge in [-0.2, -0.15) is 0 Å². The number of rotatable bonds is 6. The molecular weight excluding hydrogens is 216 g/mol. The molecule has 0 amide bonds.